The van der Waals surface area contributed by atoms with Crippen LogP contribution < -0.4 is 9.47 Å². The highest BCUT2D eigenvalue weighted by Gasteiger charge is 2.24. The van der Waals surface area contributed by atoms with Crippen molar-refractivity contribution in [2.24, 2.45) is 0 Å². The van der Waals surface area contributed by atoms with Gasteiger partial charge >= 0.3 is 5.97 Å². The van der Waals surface area contributed by atoms with Crippen molar-refractivity contribution < 1.29 is 24.2 Å². The number of halogens is 1. The number of hydrogen-bond donors (Lipinski definition) is 1. The lowest BCUT2D eigenvalue weighted by Gasteiger charge is -2.16. The number of carboxylic acid groups (broad SMARTS) is 1. The summed E-state index contributed by atoms with van der Waals surface area (Å²) in [6, 6.07) is 9.02. The summed E-state index contributed by atoms with van der Waals surface area (Å²) in [5.41, 5.74) is 3.21. The number of ketones is 1. The summed E-state index contributed by atoms with van der Waals surface area (Å²) in [6.45, 7) is 0.245. The molecule has 0 aromatic heterocycles. The minimum atomic E-state index is -0.866. The van der Waals surface area contributed by atoms with Gasteiger partial charge in [0.2, 0.25) is 0 Å². The summed E-state index contributed by atoms with van der Waals surface area (Å²) < 4.78 is 11.3. The van der Waals surface area contributed by atoms with E-state index in [2.05, 4.69) is 0 Å². The number of carboxylic acids is 1. The molecule has 0 spiro atoms. The van der Waals surface area contributed by atoms with Crippen molar-refractivity contribution in [3.8, 4) is 22.6 Å². The Hall–Kier alpha value is -2.53. The molecule has 2 aromatic carbocycles. The van der Waals surface area contributed by atoms with Crippen LogP contribution in [0, 0.1) is 0 Å². The third-order valence-electron chi connectivity index (χ3n) is 4.37. The summed E-state index contributed by atoms with van der Waals surface area (Å²) in [4.78, 5) is 22.8. The lowest BCUT2D eigenvalue weighted by molar-refractivity contribution is -0.137. The lowest BCUT2D eigenvalue weighted by Crippen LogP contribution is -2.04. The van der Waals surface area contributed by atoms with Crippen molar-refractivity contribution in [3.63, 3.8) is 0 Å². The molecule has 26 heavy (non-hydrogen) atoms. The van der Waals surface area contributed by atoms with E-state index in [1.807, 2.05) is 6.07 Å². The molecule has 0 bridgehead atoms. The van der Waals surface area contributed by atoms with E-state index < -0.39 is 5.97 Å². The van der Waals surface area contributed by atoms with E-state index in [4.69, 9.17) is 26.2 Å². The van der Waals surface area contributed by atoms with Crippen LogP contribution in [-0.2, 0) is 11.2 Å². The van der Waals surface area contributed by atoms with Crippen molar-refractivity contribution in [2.45, 2.75) is 25.7 Å². The quantitative estimate of drug-likeness (QED) is 0.728. The third kappa shape index (κ3) is 3.83. The Kier molecular flexibility index (Phi) is 5.47. The van der Waals surface area contributed by atoms with Crippen molar-refractivity contribution in [2.75, 3.05) is 13.7 Å². The number of carbonyl (C=O) groups is 2. The molecule has 0 radical (unpaired) electrons. The molecule has 0 fully saturated rings. The van der Waals surface area contributed by atoms with Gasteiger partial charge in [0.1, 0.15) is 11.5 Å². The Morgan fingerprint density at radius 2 is 1.88 bits per heavy atom. The molecular weight excluding hydrogens is 356 g/mol. The first-order valence-corrected chi connectivity index (χ1v) is 8.76. The highest BCUT2D eigenvalue weighted by Crippen LogP contribution is 2.41. The highest BCUT2D eigenvalue weighted by atomic mass is 35.5. The summed E-state index contributed by atoms with van der Waals surface area (Å²) in [7, 11) is 1.58. The maximum atomic E-state index is 12.1. The maximum absolute atomic E-state index is 12.1. The molecular formula is C20H19ClO5. The fourth-order valence-electron chi connectivity index (χ4n) is 3.10. The predicted molar refractivity (Wildman–Crippen MR) is 98.5 cm³/mol. The van der Waals surface area contributed by atoms with Crippen LogP contribution in [-0.4, -0.2) is 30.6 Å². The van der Waals surface area contributed by atoms with Gasteiger partial charge in [0, 0.05) is 34.6 Å². The van der Waals surface area contributed by atoms with Gasteiger partial charge in [-0.2, -0.15) is 0 Å². The predicted octanol–water partition coefficient (Wildman–Crippen LogP) is 4.39. The summed E-state index contributed by atoms with van der Waals surface area (Å²) in [6.07, 6.45) is 1.60. The fraction of sp³-hybridized carbons (Fsp3) is 0.300. The molecule has 1 aliphatic carbocycles. The van der Waals surface area contributed by atoms with Crippen molar-refractivity contribution in [1.82, 2.24) is 0 Å². The number of benzene rings is 2. The first-order valence-electron chi connectivity index (χ1n) is 8.38. The lowest BCUT2D eigenvalue weighted by atomic mass is 9.98. The van der Waals surface area contributed by atoms with Crippen molar-refractivity contribution in [3.05, 3.63) is 46.5 Å². The fourth-order valence-corrected chi connectivity index (χ4v) is 3.27. The van der Waals surface area contributed by atoms with E-state index in [0.717, 1.165) is 16.7 Å². The molecule has 0 heterocycles. The molecule has 0 unspecified atom stereocenters. The number of aryl methyl sites for hydroxylation is 1. The number of carbonyl (C=O) groups excluding carboxylic acids is 1. The Bertz CT molecular complexity index is 860. The van der Waals surface area contributed by atoms with E-state index in [1.54, 1.807) is 31.4 Å². The number of methoxy groups -OCH3 is 1. The van der Waals surface area contributed by atoms with E-state index in [0.29, 0.717) is 41.3 Å². The second-order valence-corrected chi connectivity index (χ2v) is 6.56. The second kappa shape index (κ2) is 7.79. The zero-order chi connectivity index (χ0) is 18.7. The van der Waals surface area contributed by atoms with Gasteiger partial charge in [-0.1, -0.05) is 11.6 Å². The molecule has 1 N–H and O–H groups in total. The average molecular weight is 375 g/mol. The zero-order valence-electron chi connectivity index (χ0n) is 14.4. The standard InChI is InChI=1S/C20H19ClO5/c1-25-18-7-5-13(21)10-16(18)15-9-12-4-6-17(22)14(12)11-19(15)26-8-2-3-20(23)24/h5,7,9-11H,2-4,6,8H2,1H3,(H,23,24). The molecule has 3 rings (SSSR count). The second-order valence-electron chi connectivity index (χ2n) is 6.12. The van der Waals surface area contributed by atoms with E-state index in [1.165, 1.54) is 0 Å². The van der Waals surface area contributed by atoms with Gasteiger partial charge in [-0.15, -0.1) is 0 Å². The summed E-state index contributed by atoms with van der Waals surface area (Å²) in [5, 5.41) is 9.34. The minimum absolute atomic E-state index is 0.0275. The Morgan fingerprint density at radius 3 is 2.62 bits per heavy atom. The first kappa shape index (κ1) is 18.3. The van der Waals surface area contributed by atoms with Gasteiger partial charge in [0.05, 0.1) is 13.7 Å². The largest absolute Gasteiger partial charge is 0.496 e. The first-order chi connectivity index (χ1) is 12.5. The van der Waals surface area contributed by atoms with Crippen LogP contribution in [0.15, 0.2) is 30.3 Å². The molecule has 0 atom stereocenters. The topological polar surface area (TPSA) is 72.8 Å². The summed E-state index contributed by atoms with van der Waals surface area (Å²) >= 11 is 6.16. The molecule has 6 heteroatoms. The van der Waals surface area contributed by atoms with Crippen LogP contribution in [0.5, 0.6) is 11.5 Å². The number of Topliss-reactive ketones (excluding diaryl/α,β-unsaturated/α-hetero) is 1. The van der Waals surface area contributed by atoms with Crippen LogP contribution in [0.3, 0.4) is 0 Å². The number of aliphatic carboxylic acids is 1. The molecule has 136 valence electrons. The normalized spacial score (nSPS) is 12.8. The van der Waals surface area contributed by atoms with Crippen LogP contribution in [0.4, 0.5) is 0 Å². The molecule has 0 aliphatic heterocycles. The Morgan fingerprint density at radius 1 is 1.12 bits per heavy atom. The van der Waals surface area contributed by atoms with Gasteiger partial charge in [-0.25, -0.2) is 0 Å². The van der Waals surface area contributed by atoms with Crippen LogP contribution in [0.2, 0.25) is 5.02 Å². The molecule has 0 amide bonds. The van der Waals surface area contributed by atoms with Gasteiger partial charge < -0.3 is 14.6 Å². The van der Waals surface area contributed by atoms with E-state index in [-0.39, 0.29) is 18.8 Å². The third-order valence-corrected chi connectivity index (χ3v) is 4.61. The molecule has 2 aromatic rings. The number of hydrogen-bond acceptors (Lipinski definition) is 4. The van der Waals surface area contributed by atoms with Crippen molar-refractivity contribution >= 4 is 23.4 Å². The van der Waals surface area contributed by atoms with Gasteiger partial charge in [-0.05, 0) is 48.7 Å². The Labute approximate surface area is 156 Å². The van der Waals surface area contributed by atoms with Gasteiger partial charge in [0.15, 0.2) is 5.78 Å². The minimum Gasteiger partial charge on any atom is -0.496 e. The highest BCUT2D eigenvalue weighted by molar-refractivity contribution is 6.31. The van der Waals surface area contributed by atoms with Crippen LogP contribution in [0.1, 0.15) is 35.2 Å². The smallest absolute Gasteiger partial charge is 0.303 e. The zero-order valence-corrected chi connectivity index (χ0v) is 15.1. The van der Waals surface area contributed by atoms with Crippen LogP contribution in [0.25, 0.3) is 11.1 Å². The van der Waals surface area contributed by atoms with Gasteiger partial charge in [-0.3, -0.25) is 9.59 Å². The average Bonchev–Trinajstić information content (AvgIpc) is 2.98. The maximum Gasteiger partial charge on any atom is 0.303 e. The number of ether oxygens (including phenoxy) is 2. The molecule has 0 saturated carbocycles. The number of fused-ring (bicyclic) bond motifs is 1. The molecule has 1 aliphatic rings. The Balaban J connectivity index is 2.01. The summed E-state index contributed by atoms with van der Waals surface area (Å²) in [5.74, 6) is 0.411. The van der Waals surface area contributed by atoms with E-state index in [9.17, 15) is 9.59 Å². The SMILES string of the molecule is COc1ccc(Cl)cc1-c1cc2c(cc1OCCCC(=O)O)C(=O)CC2. The molecule has 5 nitrogen and oxygen atoms in total. The van der Waals surface area contributed by atoms with E-state index >= 15 is 0 Å². The van der Waals surface area contributed by atoms with Crippen molar-refractivity contribution in [1.29, 1.82) is 0 Å². The van der Waals surface area contributed by atoms with Crippen LogP contribution >= 0.6 is 11.6 Å². The van der Waals surface area contributed by atoms with Gasteiger partial charge in [0.25, 0.3) is 0 Å². The monoisotopic (exact) mass is 374 g/mol. The number of rotatable bonds is 7. The molecule has 0 saturated heterocycles.